The first-order valence-corrected chi connectivity index (χ1v) is 17.5. The fourth-order valence-corrected chi connectivity index (χ4v) is 6.22. The Kier molecular flexibility index (Phi) is 15.8. The van der Waals surface area contributed by atoms with Gasteiger partial charge < -0.3 is 30.3 Å². The highest BCUT2D eigenvalue weighted by atomic mass is 32.1. The zero-order valence-electron chi connectivity index (χ0n) is 28.5. The van der Waals surface area contributed by atoms with Crippen molar-refractivity contribution in [1.82, 2.24) is 25.8 Å². The van der Waals surface area contributed by atoms with Crippen LogP contribution in [0.1, 0.15) is 74.6 Å². The quantitative estimate of drug-likeness (QED) is 0.337. The molecule has 3 heterocycles. The summed E-state index contributed by atoms with van der Waals surface area (Å²) in [6.45, 7) is 4.86. The van der Waals surface area contributed by atoms with Gasteiger partial charge in [0.05, 0.1) is 22.5 Å². The van der Waals surface area contributed by atoms with E-state index in [4.69, 9.17) is 9.47 Å². The zero-order chi connectivity index (χ0) is 35.9. The van der Waals surface area contributed by atoms with Gasteiger partial charge in [-0.3, -0.25) is 19.2 Å². The predicted octanol–water partition coefficient (Wildman–Crippen LogP) is 4.16. The maximum atomic E-state index is 14.0. The lowest BCUT2D eigenvalue weighted by molar-refractivity contribution is -0.149. The van der Waals surface area contributed by atoms with E-state index in [0.717, 1.165) is 16.3 Å². The molecule has 0 radical (unpaired) electrons. The molecule has 2 aromatic rings. The van der Waals surface area contributed by atoms with E-state index in [0.29, 0.717) is 37.5 Å². The summed E-state index contributed by atoms with van der Waals surface area (Å²) in [5.74, 6) is -0.929. The van der Waals surface area contributed by atoms with Crippen molar-refractivity contribution in [2.45, 2.75) is 77.3 Å². The smallest absolute Gasteiger partial charge is 0.389 e. The Hall–Kier alpha value is -3.72. The first kappa shape index (κ1) is 39.7. The Labute approximate surface area is 289 Å². The van der Waals surface area contributed by atoms with Crippen LogP contribution in [0.3, 0.4) is 0 Å². The first-order chi connectivity index (χ1) is 23.3. The third-order valence-electron chi connectivity index (χ3n) is 8.19. The number of ether oxygens (including phenoxy) is 2. The minimum atomic E-state index is -4.47. The number of alkyl halides is 3. The molecule has 1 aromatic heterocycles. The maximum Gasteiger partial charge on any atom is 0.389 e. The SMILES string of the molecule is COCCC1(C(=O)NCCc2csc(C(C)C)n2)CNC(=O)CCCN(C(=O)CCC(F)(F)F)CCCNC(=O)COc2ccc(cc2)C1. The first-order valence-electron chi connectivity index (χ1n) is 16.6. The average Bonchev–Trinajstić information content (AvgIpc) is 3.54. The van der Waals surface area contributed by atoms with Crippen LogP contribution < -0.4 is 20.7 Å². The number of aromatic nitrogens is 1. The molecule has 1 aromatic carbocycles. The Morgan fingerprint density at radius 3 is 2.53 bits per heavy atom. The number of methoxy groups -OCH3 is 1. The van der Waals surface area contributed by atoms with Gasteiger partial charge in [0.2, 0.25) is 17.7 Å². The van der Waals surface area contributed by atoms with Crippen molar-refractivity contribution >= 4 is 35.0 Å². The van der Waals surface area contributed by atoms with E-state index in [9.17, 15) is 32.3 Å². The molecule has 2 aliphatic heterocycles. The van der Waals surface area contributed by atoms with E-state index in [1.54, 1.807) is 23.5 Å². The van der Waals surface area contributed by atoms with Gasteiger partial charge in [-0.25, -0.2) is 4.98 Å². The van der Waals surface area contributed by atoms with Gasteiger partial charge >= 0.3 is 6.18 Å². The number of benzene rings is 1. The summed E-state index contributed by atoms with van der Waals surface area (Å²) in [6, 6.07) is 7.04. The maximum absolute atomic E-state index is 14.0. The predicted molar refractivity (Wildman–Crippen MR) is 179 cm³/mol. The molecule has 4 rings (SSSR count). The van der Waals surface area contributed by atoms with Gasteiger partial charge in [-0.2, -0.15) is 13.2 Å². The van der Waals surface area contributed by atoms with Gasteiger partial charge in [0, 0.05) is 77.0 Å². The molecule has 4 amide bonds. The van der Waals surface area contributed by atoms with Crippen molar-refractivity contribution in [3.63, 3.8) is 0 Å². The number of nitrogens with one attached hydrogen (secondary N) is 3. The largest absolute Gasteiger partial charge is 0.484 e. The van der Waals surface area contributed by atoms with Crippen LogP contribution in [-0.2, 0) is 36.8 Å². The Bertz CT molecular complexity index is 1370. The second-order valence-electron chi connectivity index (χ2n) is 12.5. The van der Waals surface area contributed by atoms with Crippen molar-refractivity contribution < 1.29 is 41.8 Å². The molecule has 0 saturated heterocycles. The van der Waals surface area contributed by atoms with Crippen LogP contribution in [0.25, 0.3) is 0 Å². The number of carbonyl (C=O) groups is 4. The molecule has 49 heavy (non-hydrogen) atoms. The highest BCUT2D eigenvalue weighted by Crippen LogP contribution is 2.29. The van der Waals surface area contributed by atoms with E-state index in [2.05, 4.69) is 34.8 Å². The lowest BCUT2D eigenvalue weighted by atomic mass is 9.77. The number of amides is 4. The van der Waals surface area contributed by atoms with Gasteiger partial charge in [0.1, 0.15) is 5.75 Å². The summed E-state index contributed by atoms with van der Waals surface area (Å²) < 4.78 is 49.4. The number of fused-ring (bicyclic) bond motifs is 17. The summed E-state index contributed by atoms with van der Waals surface area (Å²) in [5, 5.41) is 11.7. The van der Waals surface area contributed by atoms with Crippen LogP contribution in [0.5, 0.6) is 5.75 Å². The third-order valence-corrected chi connectivity index (χ3v) is 9.38. The van der Waals surface area contributed by atoms with Crippen LogP contribution >= 0.6 is 11.3 Å². The van der Waals surface area contributed by atoms with Crippen LogP contribution in [0.4, 0.5) is 13.2 Å². The van der Waals surface area contributed by atoms with E-state index in [1.165, 1.54) is 12.0 Å². The molecule has 1 atom stereocenters. The van der Waals surface area contributed by atoms with Crippen LogP contribution in [-0.4, -0.2) is 92.7 Å². The van der Waals surface area contributed by atoms with Gasteiger partial charge in [-0.1, -0.05) is 26.0 Å². The lowest BCUT2D eigenvalue weighted by Gasteiger charge is -2.33. The zero-order valence-corrected chi connectivity index (χ0v) is 29.3. The summed E-state index contributed by atoms with van der Waals surface area (Å²) in [4.78, 5) is 58.1. The molecule has 0 aliphatic carbocycles. The van der Waals surface area contributed by atoms with Gasteiger partial charge in [-0.15, -0.1) is 11.3 Å². The minimum absolute atomic E-state index is 0.00186. The molecule has 0 spiro atoms. The number of nitrogens with zero attached hydrogens (tertiary/aromatic N) is 2. The van der Waals surface area contributed by atoms with Crippen molar-refractivity contribution in [2.24, 2.45) is 5.41 Å². The molecule has 15 heteroatoms. The molecular formula is C34H48F3N5O6S. The van der Waals surface area contributed by atoms with Crippen molar-refractivity contribution in [2.75, 3.05) is 53.0 Å². The third kappa shape index (κ3) is 14.0. The number of rotatable bonds is 10. The normalized spacial score (nSPS) is 18.8. The fraction of sp³-hybridized carbons (Fsp3) is 0.618. The van der Waals surface area contributed by atoms with Gasteiger partial charge in [0.25, 0.3) is 5.91 Å². The van der Waals surface area contributed by atoms with E-state index >= 15 is 0 Å². The van der Waals surface area contributed by atoms with Crippen molar-refractivity contribution in [3.8, 4) is 5.75 Å². The van der Waals surface area contributed by atoms with E-state index < -0.39 is 36.2 Å². The monoisotopic (exact) mass is 711 g/mol. The highest BCUT2D eigenvalue weighted by molar-refractivity contribution is 7.09. The molecule has 0 saturated carbocycles. The number of thiazole rings is 1. The van der Waals surface area contributed by atoms with Crippen molar-refractivity contribution in [3.05, 3.63) is 45.9 Å². The molecule has 2 bridgehead atoms. The second kappa shape index (κ2) is 19.5. The Morgan fingerprint density at radius 1 is 1.12 bits per heavy atom. The van der Waals surface area contributed by atoms with E-state index in [1.807, 2.05) is 17.5 Å². The van der Waals surface area contributed by atoms with Gasteiger partial charge in [-0.05, 0) is 43.4 Å². The number of hydrogen-bond donors (Lipinski definition) is 3. The Morgan fingerprint density at radius 2 is 1.86 bits per heavy atom. The summed E-state index contributed by atoms with van der Waals surface area (Å²) in [6.07, 6.45) is -4.81. The standard InChI is InChI=1S/C34H48F3N5O6S/c1-24(2)31-41-26(22-49-31)12-16-39-32(46)33(14-19-47-3)20-25-7-9-27(10-8-25)48-21-29(44)38-15-5-18-42(17-4-6-28(43)40-23-33)30(45)11-13-34(35,36)37/h7-10,22,24H,4-6,11-21,23H2,1-3H3,(H,38,44)(H,39,46)(H,40,43). The van der Waals surface area contributed by atoms with Gasteiger partial charge in [0.15, 0.2) is 6.61 Å². The molecular weight excluding hydrogens is 663 g/mol. The lowest BCUT2D eigenvalue weighted by Crippen LogP contribution is -2.51. The van der Waals surface area contributed by atoms with E-state index in [-0.39, 0.29) is 70.5 Å². The molecule has 1 unspecified atom stereocenters. The number of carbonyl (C=O) groups excluding carboxylic acids is 4. The second-order valence-corrected chi connectivity index (χ2v) is 13.4. The highest BCUT2D eigenvalue weighted by Gasteiger charge is 2.39. The molecule has 3 N–H and O–H groups in total. The molecule has 2 aliphatic rings. The van der Waals surface area contributed by atoms with Crippen LogP contribution in [0, 0.1) is 5.41 Å². The topological polar surface area (TPSA) is 139 Å². The van der Waals surface area contributed by atoms with Crippen molar-refractivity contribution in [1.29, 1.82) is 0 Å². The summed E-state index contributed by atoms with van der Waals surface area (Å²) in [7, 11) is 1.54. The molecule has 0 fully saturated rings. The summed E-state index contributed by atoms with van der Waals surface area (Å²) in [5.41, 5.74) is 0.597. The molecule has 11 nitrogen and oxygen atoms in total. The van der Waals surface area contributed by atoms with Crippen LogP contribution in [0.15, 0.2) is 29.6 Å². The average molecular weight is 712 g/mol. The summed E-state index contributed by atoms with van der Waals surface area (Å²) >= 11 is 1.58. The fourth-order valence-electron chi connectivity index (χ4n) is 5.35. The van der Waals surface area contributed by atoms with Crippen LogP contribution in [0.2, 0.25) is 0 Å². The molecule has 272 valence electrons. The number of halogens is 3. The number of hydrogen-bond acceptors (Lipinski definition) is 8. The Balaban J connectivity index is 1.80. The minimum Gasteiger partial charge on any atom is -0.484 e.